The molecule has 0 atom stereocenters. The standard InChI is InChI=1S/C16H11FO2/c1-19-16-13(8-5-9-14(16)17)10-11-15(18)12-6-3-2-4-7-12/h2-9H,1H3. The molecule has 2 aromatic carbocycles. The summed E-state index contributed by atoms with van der Waals surface area (Å²) < 4.78 is 18.3. The van der Waals surface area contributed by atoms with E-state index in [0.717, 1.165) is 0 Å². The highest BCUT2D eigenvalue weighted by atomic mass is 19.1. The van der Waals surface area contributed by atoms with Gasteiger partial charge in [-0.25, -0.2) is 4.39 Å². The number of Topliss-reactive ketones (excluding diaryl/α,β-unsaturated/α-hetero) is 1. The van der Waals surface area contributed by atoms with Crippen molar-refractivity contribution in [3.8, 4) is 17.6 Å². The van der Waals surface area contributed by atoms with Gasteiger partial charge in [-0.05, 0) is 18.1 Å². The Labute approximate surface area is 110 Å². The van der Waals surface area contributed by atoms with E-state index in [-0.39, 0.29) is 11.5 Å². The molecule has 0 aliphatic carbocycles. The summed E-state index contributed by atoms with van der Waals surface area (Å²) >= 11 is 0. The molecule has 0 bridgehead atoms. The van der Waals surface area contributed by atoms with Gasteiger partial charge >= 0.3 is 0 Å². The normalized spacial score (nSPS) is 9.37. The molecule has 0 aromatic heterocycles. The first-order chi connectivity index (χ1) is 9.22. The van der Waals surface area contributed by atoms with Gasteiger partial charge < -0.3 is 4.74 Å². The number of carbonyl (C=O) groups is 1. The molecule has 2 nitrogen and oxygen atoms in total. The van der Waals surface area contributed by atoms with Crippen molar-refractivity contribution in [2.45, 2.75) is 0 Å². The lowest BCUT2D eigenvalue weighted by molar-refractivity contribution is 0.105. The van der Waals surface area contributed by atoms with E-state index >= 15 is 0 Å². The number of para-hydroxylation sites is 1. The van der Waals surface area contributed by atoms with Gasteiger partial charge in [0.25, 0.3) is 0 Å². The summed E-state index contributed by atoms with van der Waals surface area (Å²) in [5, 5.41) is 0. The molecule has 2 aromatic rings. The van der Waals surface area contributed by atoms with Crippen molar-refractivity contribution in [2.75, 3.05) is 7.11 Å². The Bertz CT molecular complexity index is 651. The monoisotopic (exact) mass is 254 g/mol. The second kappa shape index (κ2) is 5.83. The third kappa shape index (κ3) is 2.99. The third-order valence-electron chi connectivity index (χ3n) is 2.52. The average Bonchev–Trinajstić information content (AvgIpc) is 2.45. The summed E-state index contributed by atoms with van der Waals surface area (Å²) in [4.78, 5) is 11.8. The highest BCUT2D eigenvalue weighted by Gasteiger charge is 2.06. The predicted molar refractivity (Wildman–Crippen MR) is 70.6 cm³/mol. The second-order valence-corrected chi connectivity index (χ2v) is 3.77. The number of benzene rings is 2. The van der Waals surface area contributed by atoms with Crippen molar-refractivity contribution in [3.05, 3.63) is 65.5 Å². The molecule has 0 saturated heterocycles. The minimum Gasteiger partial charge on any atom is -0.492 e. The number of rotatable bonds is 2. The van der Waals surface area contributed by atoms with Crippen molar-refractivity contribution >= 4 is 5.78 Å². The molecule has 3 heteroatoms. The fourth-order valence-corrected chi connectivity index (χ4v) is 1.60. The number of ether oxygens (including phenoxy) is 1. The van der Waals surface area contributed by atoms with Gasteiger partial charge in [-0.3, -0.25) is 4.79 Å². The molecule has 0 heterocycles. The van der Waals surface area contributed by atoms with E-state index in [0.29, 0.717) is 11.1 Å². The molecule has 0 aliphatic heterocycles. The molecule has 0 unspecified atom stereocenters. The van der Waals surface area contributed by atoms with Gasteiger partial charge in [-0.2, -0.15) is 0 Å². The first kappa shape index (κ1) is 12.8. The van der Waals surface area contributed by atoms with Crippen molar-refractivity contribution in [1.82, 2.24) is 0 Å². The van der Waals surface area contributed by atoms with Crippen LogP contribution in [0.2, 0.25) is 0 Å². The number of ketones is 1. The number of methoxy groups -OCH3 is 1. The lowest BCUT2D eigenvalue weighted by Gasteiger charge is -2.03. The summed E-state index contributed by atoms with van der Waals surface area (Å²) in [6.45, 7) is 0. The quantitative estimate of drug-likeness (QED) is 0.608. The van der Waals surface area contributed by atoms with E-state index in [1.54, 1.807) is 30.3 Å². The highest BCUT2D eigenvalue weighted by molar-refractivity contribution is 6.09. The number of hydrogen-bond donors (Lipinski definition) is 0. The fourth-order valence-electron chi connectivity index (χ4n) is 1.60. The Hall–Kier alpha value is -2.60. The van der Waals surface area contributed by atoms with Gasteiger partial charge in [-0.1, -0.05) is 42.3 Å². The third-order valence-corrected chi connectivity index (χ3v) is 2.52. The zero-order valence-corrected chi connectivity index (χ0v) is 10.3. The summed E-state index contributed by atoms with van der Waals surface area (Å²) in [5.74, 6) is 4.36. The Balaban J connectivity index is 2.31. The van der Waals surface area contributed by atoms with Crippen molar-refractivity contribution in [1.29, 1.82) is 0 Å². The summed E-state index contributed by atoms with van der Waals surface area (Å²) in [6, 6.07) is 13.1. The maximum Gasteiger partial charge on any atom is 0.236 e. The van der Waals surface area contributed by atoms with Gasteiger partial charge in [0.05, 0.1) is 12.7 Å². The molecule has 0 aliphatic rings. The van der Waals surface area contributed by atoms with Crippen LogP contribution in [0, 0.1) is 17.7 Å². The predicted octanol–water partition coefficient (Wildman–Crippen LogP) is 3.07. The van der Waals surface area contributed by atoms with Crippen LogP contribution < -0.4 is 4.74 Å². The molecule has 19 heavy (non-hydrogen) atoms. The van der Waals surface area contributed by atoms with Gasteiger partial charge in [0.2, 0.25) is 5.78 Å². The zero-order valence-electron chi connectivity index (χ0n) is 10.3. The van der Waals surface area contributed by atoms with Crippen molar-refractivity contribution < 1.29 is 13.9 Å². The van der Waals surface area contributed by atoms with Crippen molar-refractivity contribution in [3.63, 3.8) is 0 Å². The lowest BCUT2D eigenvalue weighted by atomic mass is 10.1. The topological polar surface area (TPSA) is 26.3 Å². The van der Waals surface area contributed by atoms with Crippen LogP contribution in [-0.2, 0) is 0 Å². The summed E-state index contributed by atoms with van der Waals surface area (Å²) in [6.07, 6.45) is 0. The van der Waals surface area contributed by atoms with Crippen molar-refractivity contribution in [2.24, 2.45) is 0 Å². The van der Waals surface area contributed by atoms with Crippen LogP contribution in [0.3, 0.4) is 0 Å². The van der Waals surface area contributed by atoms with E-state index in [9.17, 15) is 9.18 Å². The minimum absolute atomic E-state index is 0.0517. The van der Waals surface area contributed by atoms with Crippen LogP contribution in [0.4, 0.5) is 4.39 Å². The summed E-state index contributed by atoms with van der Waals surface area (Å²) in [5.41, 5.74) is 0.858. The smallest absolute Gasteiger partial charge is 0.236 e. The number of halogens is 1. The van der Waals surface area contributed by atoms with Gasteiger partial charge in [0.15, 0.2) is 11.6 Å². The van der Waals surface area contributed by atoms with Crippen LogP contribution in [0.15, 0.2) is 48.5 Å². The van der Waals surface area contributed by atoms with Crippen LogP contribution in [0.25, 0.3) is 0 Å². The van der Waals surface area contributed by atoms with Gasteiger partial charge in [0.1, 0.15) is 0 Å². The highest BCUT2D eigenvalue weighted by Crippen LogP contribution is 2.20. The Morgan fingerprint density at radius 2 is 1.84 bits per heavy atom. The van der Waals surface area contributed by atoms with Gasteiger partial charge in [0, 0.05) is 5.56 Å². The van der Waals surface area contributed by atoms with E-state index in [4.69, 9.17) is 4.74 Å². The van der Waals surface area contributed by atoms with Crippen LogP contribution in [0.1, 0.15) is 15.9 Å². The maximum absolute atomic E-state index is 13.4. The number of carbonyl (C=O) groups excluding carboxylic acids is 1. The Morgan fingerprint density at radius 3 is 2.53 bits per heavy atom. The van der Waals surface area contributed by atoms with E-state index in [1.165, 1.54) is 19.2 Å². The van der Waals surface area contributed by atoms with E-state index in [1.807, 2.05) is 6.07 Å². The SMILES string of the molecule is COc1c(F)cccc1C#CC(=O)c1ccccc1. The first-order valence-corrected chi connectivity index (χ1v) is 5.66. The average molecular weight is 254 g/mol. The fraction of sp³-hybridized carbons (Fsp3) is 0.0625. The Kier molecular flexibility index (Phi) is 3.94. The molecule has 0 N–H and O–H groups in total. The largest absolute Gasteiger partial charge is 0.492 e. The molecule has 0 amide bonds. The maximum atomic E-state index is 13.4. The zero-order chi connectivity index (χ0) is 13.7. The molecule has 0 radical (unpaired) electrons. The number of hydrogen-bond acceptors (Lipinski definition) is 2. The molecule has 0 saturated carbocycles. The Morgan fingerprint density at radius 1 is 1.11 bits per heavy atom. The molecule has 0 spiro atoms. The second-order valence-electron chi connectivity index (χ2n) is 3.77. The summed E-state index contributed by atoms with van der Waals surface area (Å²) in [7, 11) is 1.36. The first-order valence-electron chi connectivity index (χ1n) is 5.66. The van der Waals surface area contributed by atoms with Crippen LogP contribution >= 0.6 is 0 Å². The van der Waals surface area contributed by atoms with E-state index in [2.05, 4.69) is 11.8 Å². The van der Waals surface area contributed by atoms with Gasteiger partial charge in [-0.15, -0.1) is 0 Å². The molecule has 94 valence electrons. The van der Waals surface area contributed by atoms with Crippen LogP contribution in [-0.4, -0.2) is 12.9 Å². The van der Waals surface area contributed by atoms with Crippen LogP contribution in [0.5, 0.6) is 5.75 Å². The molecule has 2 rings (SSSR count). The minimum atomic E-state index is -0.499. The molecule has 0 fully saturated rings. The van der Waals surface area contributed by atoms with E-state index < -0.39 is 5.82 Å². The lowest BCUT2D eigenvalue weighted by Crippen LogP contribution is -1.95. The molecular weight excluding hydrogens is 243 g/mol. The molecular formula is C16H11FO2.